The molecular formula is C9H10ClNOS. The van der Waals surface area contributed by atoms with Gasteiger partial charge in [0.1, 0.15) is 5.03 Å². The van der Waals surface area contributed by atoms with Crippen LogP contribution in [-0.4, -0.2) is 16.0 Å². The number of rotatable bonds is 4. The number of nitrogens with zero attached hydrogens (tertiary/aromatic N) is 1. The predicted molar refractivity (Wildman–Crippen MR) is 55.4 cm³/mol. The summed E-state index contributed by atoms with van der Waals surface area (Å²) < 4.78 is 0. The van der Waals surface area contributed by atoms with Crippen LogP contribution in [-0.2, 0) is 0 Å². The second kappa shape index (κ2) is 5.25. The molecular weight excluding hydrogens is 206 g/mol. The molecule has 2 nitrogen and oxygen atoms in total. The first-order chi connectivity index (χ1) is 6.25. The number of carbonyl (C=O) groups excluding carboxylic acids is 1. The average molecular weight is 216 g/mol. The van der Waals surface area contributed by atoms with Crippen molar-refractivity contribution in [3.05, 3.63) is 23.9 Å². The summed E-state index contributed by atoms with van der Waals surface area (Å²) >= 11 is 6.95. The summed E-state index contributed by atoms with van der Waals surface area (Å²) in [6.45, 7) is 2.08. The first kappa shape index (κ1) is 10.5. The minimum atomic E-state index is -0.438. The van der Waals surface area contributed by atoms with Gasteiger partial charge in [-0.1, -0.05) is 6.92 Å². The Morgan fingerprint density at radius 3 is 3.08 bits per heavy atom. The fourth-order valence-electron chi connectivity index (χ4n) is 0.854. The number of hydrogen-bond acceptors (Lipinski definition) is 3. The maximum absolute atomic E-state index is 10.9. The van der Waals surface area contributed by atoms with E-state index in [1.54, 1.807) is 30.1 Å². The normalized spacial score (nSPS) is 10.0. The number of carbonyl (C=O) groups is 1. The van der Waals surface area contributed by atoms with Gasteiger partial charge in [0, 0.05) is 6.20 Å². The molecule has 0 aliphatic rings. The lowest BCUT2D eigenvalue weighted by atomic mass is 10.3. The molecule has 0 saturated carbocycles. The van der Waals surface area contributed by atoms with Crippen molar-refractivity contribution in [2.45, 2.75) is 18.4 Å². The molecule has 0 N–H and O–H groups in total. The van der Waals surface area contributed by atoms with Gasteiger partial charge >= 0.3 is 0 Å². The molecule has 0 radical (unpaired) electrons. The van der Waals surface area contributed by atoms with Crippen molar-refractivity contribution in [1.29, 1.82) is 0 Å². The van der Waals surface area contributed by atoms with E-state index in [0.717, 1.165) is 17.2 Å². The summed E-state index contributed by atoms with van der Waals surface area (Å²) in [6, 6.07) is 3.41. The third-order valence-corrected chi connectivity index (χ3v) is 2.84. The van der Waals surface area contributed by atoms with Crippen molar-refractivity contribution < 1.29 is 4.79 Å². The van der Waals surface area contributed by atoms with Crippen LogP contribution >= 0.6 is 23.4 Å². The molecule has 0 fully saturated rings. The molecule has 70 valence electrons. The highest BCUT2D eigenvalue weighted by molar-refractivity contribution is 7.99. The van der Waals surface area contributed by atoms with Gasteiger partial charge in [-0.05, 0) is 35.9 Å². The van der Waals surface area contributed by atoms with Gasteiger partial charge in [0.15, 0.2) is 0 Å². The Morgan fingerprint density at radius 1 is 1.69 bits per heavy atom. The monoisotopic (exact) mass is 215 g/mol. The van der Waals surface area contributed by atoms with Gasteiger partial charge < -0.3 is 0 Å². The Hall–Kier alpha value is -0.540. The smallest absolute Gasteiger partial charge is 0.255 e. The van der Waals surface area contributed by atoms with Crippen LogP contribution < -0.4 is 0 Å². The quantitative estimate of drug-likeness (QED) is 0.572. The minimum absolute atomic E-state index is 0.438. The maximum atomic E-state index is 10.9. The van der Waals surface area contributed by atoms with E-state index in [0.29, 0.717) is 5.56 Å². The number of thioether (sulfide) groups is 1. The summed E-state index contributed by atoms with van der Waals surface area (Å²) in [5.74, 6) is 0.953. The van der Waals surface area contributed by atoms with Crippen LogP contribution in [0, 0.1) is 0 Å². The molecule has 0 saturated heterocycles. The second-order valence-corrected chi connectivity index (χ2v) is 3.91. The van der Waals surface area contributed by atoms with E-state index < -0.39 is 5.24 Å². The van der Waals surface area contributed by atoms with E-state index in [4.69, 9.17) is 11.6 Å². The maximum Gasteiger partial charge on any atom is 0.255 e. The predicted octanol–water partition coefficient (Wildman–Crippen LogP) is 2.96. The summed E-state index contributed by atoms with van der Waals surface area (Å²) in [6.07, 6.45) is 2.72. The SMILES string of the molecule is CCCSc1ncccc1C(=O)Cl. The number of halogens is 1. The van der Waals surface area contributed by atoms with Crippen molar-refractivity contribution >= 4 is 28.6 Å². The fourth-order valence-corrected chi connectivity index (χ4v) is 1.91. The number of pyridine rings is 1. The number of hydrogen-bond donors (Lipinski definition) is 0. The molecule has 13 heavy (non-hydrogen) atoms. The van der Waals surface area contributed by atoms with E-state index in [1.165, 1.54) is 0 Å². The third-order valence-electron chi connectivity index (χ3n) is 1.43. The molecule has 0 atom stereocenters. The standard InChI is InChI=1S/C9H10ClNOS/c1-2-6-13-9-7(8(10)12)4-3-5-11-9/h3-5H,2,6H2,1H3. The van der Waals surface area contributed by atoms with Crippen molar-refractivity contribution in [3.8, 4) is 0 Å². The molecule has 0 aromatic carbocycles. The molecule has 0 spiro atoms. The first-order valence-electron chi connectivity index (χ1n) is 4.03. The summed E-state index contributed by atoms with van der Waals surface area (Å²) in [5.41, 5.74) is 0.502. The summed E-state index contributed by atoms with van der Waals surface area (Å²) in [5, 5.41) is 0.288. The Kier molecular flexibility index (Phi) is 4.25. The zero-order valence-corrected chi connectivity index (χ0v) is 8.86. The second-order valence-electron chi connectivity index (χ2n) is 2.48. The van der Waals surface area contributed by atoms with Crippen LogP contribution in [0.3, 0.4) is 0 Å². The molecule has 1 heterocycles. The molecule has 0 unspecified atom stereocenters. The van der Waals surface area contributed by atoms with Crippen LogP contribution in [0.25, 0.3) is 0 Å². The molecule has 0 aliphatic carbocycles. The fraction of sp³-hybridized carbons (Fsp3) is 0.333. The van der Waals surface area contributed by atoms with Crippen molar-refractivity contribution in [2.24, 2.45) is 0 Å². The zero-order valence-electron chi connectivity index (χ0n) is 7.29. The van der Waals surface area contributed by atoms with Gasteiger partial charge in [0.25, 0.3) is 5.24 Å². The van der Waals surface area contributed by atoms with E-state index in [9.17, 15) is 4.79 Å². The van der Waals surface area contributed by atoms with E-state index in [2.05, 4.69) is 11.9 Å². The van der Waals surface area contributed by atoms with Gasteiger partial charge in [-0.15, -0.1) is 11.8 Å². The van der Waals surface area contributed by atoms with Crippen LogP contribution in [0.2, 0.25) is 0 Å². The van der Waals surface area contributed by atoms with Crippen LogP contribution in [0.1, 0.15) is 23.7 Å². The third kappa shape index (κ3) is 3.01. The highest BCUT2D eigenvalue weighted by atomic mass is 35.5. The van der Waals surface area contributed by atoms with E-state index >= 15 is 0 Å². The lowest BCUT2D eigenvalue weighted by molar-refractivity contribution is 0.107. The Bertz CT molecular complexity index is 303. The molecule has 1 aromatic heterocycles. The molecule has 0 aliphatic heterocycles. The van der Waals surface area contributed by atoms with Crippen molar-refractivity contribution in [2.75, 3.05) is 5.75 Å². The average Bonchev–Trinajstić information content (AvgIpc) is 2.15. The molecule has 0 bridgehead atoms. The first-order valence-corrected chi connectivity index (χ1v) is 5.39. The lowest BCUT2D eigenvalue weighted by Gasteiger charge is -2.02. The largest absolute Gasteiger partial charge is 0.276 e. The summed E-state index contributed by atoms with van der Waals surface area (Å²) in [7, 11) is 0. The molecule has 1 rings (SSSR count). The molecule has 0 amide bonds. The Balaban J connectivity index is 2.84. The van der Waals surface area contributed by atoms with Crippen molar-refractivity contribution in [1.82, 2.24) is 4.98 Å². The van der Waals surface area contributed by atoms with Gasteiger partial charge in [-0.25, -0.2) is 4.98 Å². The van der Waals surface area contributed by atoms with Gasteiger partial charge in [0.05, 0.1) is 5.56 Å². The van der Waals surface area contributed by atoms with E-state index in [-0.39, 0.29) is 0 Å². The Morgan fingerprint density at radius 2 is 2.46 bits per heavy atom. The topological polar surface area (TPSA) is 30.0 Å². The van der Waals surface area contributed by atoms with Crippen molar-refractivity contribution in [3.63, 3.8) is 0 Å². The zero-order chi connectivity index (χ0) is 9.68. The Labute approximate surface area is 86.7 Å². The van der Waals surface area contributed by atoms with Gasteiger partial charge in [-0.3, -0.25) is 4.79 Å². The minimum Gasteiger partial charge on any atom is -0.276 e. The molecule has 1 aromatic rings. The highest BCUT2D eigenvalue weighted by Crippen LogP contribution is 2.21. The van der Waals surface area contributed by atoms with Crippen LogP contribution in [0.4, 0.5) is 0 Å². The van der Waals surface area contributed by atoms with E-state index in [1.807, 2.05) is 0 Å². The molecule has 4 heteroatoms. The van der Waals surface area contributed by atoms with Crippen LogP contribution in [0.15, 0.2) is 23.4 Å². The van der Waals surface area contributed by atoms with Crippen LogP contribution in [0.5, 0.6) is 0 Å². The van der Waals surface area contributed by atoms with Gasteiger partial charge in [0.2, 0.25) is 0 Å². The van der Waals surface area contributed by atoms with Gasteiger partial charge in [-0.2, -0.15) is 0 Å². The lowest BCUT2D eigenvalue weighted by Crippen LogP contribution is -1.94. The number of aromatic nitrogens is 1. The highest BCUT2D eigenvalue weighted by Gasteiger charge is 2.08. The summed E-state index contributed by atoms with van der Waals surface area (Å²) in [4.78, 5) is 15.0.